The minimum absolute atomic E-state index is 0.405. The lowest BCUT2D eigenvalue weighted by Crippen LogP contribution is -2.55. The predicted molar refractivity (Wildman–Crippen MR) is 67.8 cm³/mol. The predicted octanol–water partition coefficient (Wildman–Crippen LogP) is 1.85. The average Bonchev–Trinajstić information content (AvgIpc) is 2.43. The number of nitrogens with zero attached hydrogens (tertiary/aromatic N) is 1. The first-order valence-corrected chi connectivity index (χ1v) is 6.76. The largest absolute Gasteiger partial charge is 0.503 e. The SMILES string of the molecule is Oc1c(F)cc(CNC2CN3CCC2CC3)cc1F. The van der Waals surface area contributed by atoms with E-state index < -0.39 is 17.4 Å². The molecule has 0 amide bonds. The Balaban J connectivity index is 1.63. The first kappa shape index (κ1) is 12.8. The smallest absolute Gasteiger partial charge is 0.187 e. The van der Waals surface area contributed by atoms with Gasteiger partial charge in [-0.1, -0.05) is 0 Å². The normalized spacial score (nSPS) is 29.7. The molecule has 19 heavy (non-hydrogen) atoms. The maximum absolute atomic E-state index is 13.2. The minimum atomic E-state index is -0.897. The van der Waals surface area contributed by atoms with Crippen LogP contribution >= 0.6 is 0 Å². The molecule has 3 nitrogen and oxygen atoms in total. The van der Waals surface area contributed by atoms with E-state index in [2.05, 4.69) is 10.2 Å². The van der Waals surface area contributed by atoms with Crippen LogP contribution in [-0.4, -0.2) is 35.7 Å². The van der Waals surface area contributed by atoms with Crippen molar-refractivity contribution in [3.8, 4) is 5.75 Å². The van der Waals surface area contributed by atoms with Gasteiger partial charge in [-0.3, -0.25) is 0 Å². The van der Waals surface area contributed by atoms with E-state index in [-0.39, 0.29) is 0 Å². The van der Waals surface area contributed by atoms with Crippen molar-refractivity contribution in [3.63, 3.8) is 0 Å². The fourth-order valence-corrected chi connectivity index (χ4v) is 3.17. The summed E-state index contributed by atoms with van der Waals surface area (Å²) in [5.74, 6) is -2.01. The van der Waals surface area contributed by atoms with E-state index in [0.29, 0.717) is 24.1 Å². The van der Waals surface area contributed by atoms with E-state index in [0.717, 1.165) is 6.54 Å². The summed E-state index contributed by atoms with van der Waals surface area (Å²) in [4.78, 5) is 2.43. The number of aromatic hydroxyl groups is 1. The van der Waals surface area contributed by atoms with Crippen LogP contribution in [0.1, 0.15) is 18.4 Å². The van der Waals surface area contributed by atoms with E-state index in [1.165, 1.54) is 38.1 Å². The summed E-state index contributed by atoms with van der Waals surface area (Å²) in [5.41, 5.74) is 0.532. The van der Waals surface area contributed by atoms with Gasteiger partial charge in [0, 0.05) is 19.1 Å². The highest BCUT2D eigenvalue weighted by Crippen LogP contribution is 2.28. The van der Waals surface area contributed by atoms with Crippen molar-refractivity contribution in [2.24, 2.45) is 5.92 Å². The molecule has 3 aliphatic heterocycles. The van der Waals surface area contributed by atoms with Crippen LogP contribution < -0.4 is 5.32 Å². The maximum atomic E-state index is 13.2. The number of hydrogen-bond donors (Lipinski definition) is 2. The zero-order valence-electron chi connectivity index (χ0n) is 10.7. The van der Waals surface area contributed by atoms with Crippen molar-refractivity contribution in [1.82, 2.24) is 10.2 Å². The fraction of sp³-hybridized carbons (Fsp3) is 0.571. The number of phenolic OH excluding ortho intramolecular Hbond substituents is 1. The number of fused-ring (bicyclic) bond motifs is 3. The van der Waals surface area contributed by atoms with E-state index in [1.807, 2.05) is 0 Å². The Bertz CT molecular complexity index is 450. The van der Waals surface area contributed by atoms with Crippen molar-refractivity contribution in [2.75, 3.05) is 19.6 Å². The molecule has 2 N–H and O–H groups in total. The highest BCUT2D eigenvalue weighted by Gasteiger charge is 2.33. The Labute approximate surface area is 111 Å². The molecule has 0 aliphatic carbocycles. The monoisotopic (exact) mass is 268 g/mol. The fourth-order valence-electron chi connectivity index (χ4n) is 3.17. The Kier molecular flexibility index (Phi) is 3.41. The Morgan fingerprint density at radius 3 is 2.37 bits per heavy atom. The third kappa shape index (κ3) is 2.58. The van der Waals surface area contributed by atoms with Crippen LogP contribution in [0.5, 0.6) is 5.75 Å². The van der Waals surface area contributed by atoms with Gasteiger partial charge in [0.2, 0.25) is 0 Å². The van der Waals surface area contributed by atoms with Gasteiger partial charge in [-0.25, -0.2) is 8.78 Å². The summed E-state index contributed by atoms with van der Waals surface area (Å²) in [7, 11) is 0. The van der Waals surface area contributed by atoms with Gasteiger partial charge < -0.3 is 15.3 Å². The molecule has 0 spiro atoms. The van der Waals surface area contributed by atoms with Crippen LogP contribution in [0.4, 0.5) is 8.78 Å². The van der Waals surface area contributed by atoms with Crippen molar-refractivity contribution >= 4 is 0 Å². The second-order valence-corrected chi connectivity index (χ2v) is 5.53. The molecule has 1 aromatic rings. The number of phenols is 1. The molecule has 2 bridgehead atoms. The number of rotatable bonds is 3. The van der Waals surface area contributed by atoms with Crippen LogP contribution in [0.3, 0.4) is 0 Å². The van der Waals surface area contributed by atoms with E-state index in [4.69, 9.17) is 5.11 Å². The van der Waals surface area contributed by atoms with Gasteiger partial charge >= 0.3 is 0 Å². The molecule has 0 radical (unpaired) electrons. The first-order chi connectivity index (χ1) is 9.13. The molecule has 1 aromatic carbocycles. The number of piperidine rings is 3. The van der Waals surface area contributed by atoms with Crippen LogP contribution in [-0.2, 0) is 6.54 Å². The molecule has 1 atom stereocenters. The van der Waals surface area contributed by atoms with Crippen molar-refractivity contribution in [1.29, 1.82) is 0 Å². The maximum Gasteiger partial charge on any atom is 0.187 e. The van der Waals surface area contributed by atoms with Crippen molar-refractivity contribution in [3.05, 3.63) is 29.3 Å². The lowest BCUT2D eigenvalue weighted by molar-refractivity contribution is 0.0720. The zero-order chi connectivity index (χ0) is 13.4. The van der Waals surface area contributed by atoms with E-state index in [1.54, 1.807) is 0 Å². The lowest BCUT2D eigenvalue weighted by atomic mass is 9.84. The third-order valence-corrected chi connectivity index (χ3v) is 4.30. The number of halogens is 2. The highest BCUT2D eigenvalue weighted by atomic mass is 19.1. The van der Waals surface area contributed by atoms with Crippen LogP contribution in [0.2, 0.25) is 0 Å². The molecular formula is C14H18F2N2O. The zero-order valence-corrected chi connectivity index (χ0v) is 10.7. The van der Waals surface area contributed by atoms with Gasteiger partial charge in [0.05, 0.1) is 0 Å². The van der Waals surface area contributed by atoms with Crippen molar-refractivity contribution in [2.45, 2.75) is 25.4 Å². The summed E-state index contributed by atoms with van der Waals surface area (Å²) >= 11 is 0. The lowest BCUT2D eigenvalue weighted by Gasteiger charge is -2.45. The number of nitrogens with one attached hydrogen (secondary N) is 1. The summed E-state index contributed by atoms with van der Waals surface area (Å²) in [6.07, 6.45) is 2.41. The Morgan fingerprint density at radius 2 is 1.84 bits per heavy atom. The average molecular weight is 268 g/mol. The molecule has 1 unspecified atom stereocenters. The molecule has 3 saturated heterocycles. The summed E-state index contributed by atoms with van der Waals surface area (Å²) < 4.78 is 26.5. The van der Waals surface area contributed by atoms with Gasteiger partial charge in [0.1, 0.15) is 0 Å². The second-order valence-electron chi connectivity index (χ2n) is 5.53. The van der Waals surface area contributed by atoms with Crippen LogP contribution in [0.15, 0.2) is 12.1 Å². The first-order valence-electron chi connectivity index (χ1n) is 6.76. The standard InChI is InChI=1S/C14H18F2N2O/c15-11-5-9(6-12(16)14(11)19)7-17-13-8-18-3-1-10(13)2-4-18/h5-6,10,13,17,19H,1-4,7-8H2. The van der Waals surface area contributed by atoms with Gasteiger partial charge in [0.25, 0.3) is 0 Å². The molecule has 104 valence electrons. The van der Waals surface area contributed by atoms with Gasteiger partial charge in [0.15, 0.2) is 17.4 Å². The Hall–Kier alpha value is -1.20. The third-order valence-electron chi connectivity index (χ3n) is 4.30. The molecule has 3 heterocycles. The number of benzene rings is 1. The summed E-state index contributed by atoms with van der Waals surface area (Å²) in [6.45, 7) is 3.80. The highest BCUT2D eigenvalue weighted by molar-refractivity contribution is 5.30. The quantitative estimate of drug-likeness (QED) is 0.878. The minimum Gasteiger partial charge on any atom is -0.503 e. The van der Waals surface area contributed by atoms with Gasteiger partial charge in [-0.05, 0) is 49.5 Å². The molecule has 4 rings (SSSR count). The number of hydrogen-bond acceptors (Lipinski definition) is 3. The molecule has 0 saturated carbocycles. The molecular weight excluding hydrogens is 250 g/mol. The van der Waals surface area contributed by atoms with Crippen LogP contribution in [0.25, 0.3) is 0 Å². The van der Waals surface area contributed by atoms with Gasteiger partial charge in [-0.2, -0.15) is 0 Å². The van der Waals surface area contributed by atoms with Crippen molar-refractivity contribution < 1.29 is 13.9 Å². The molecule has 5 heteroatoms. The second kappa shape index (κ2) is 5.06. The summed E-state index contributed by atoms with van der Waals surface area (Å²) in [5, 5.41) is 12.4. The summed E-state index contributed by atoms with van der Waals surface area (Å²) in [6, 6.07) is 2.78. The Morgan fingerprint density at radius 1 is 1.21 bits per heavy atom. The van der Waals surface area contributed by atoms with E-state index >= 15 is 0 Å². The van der Waals surface area contributed by atoms with Gasteiger partial charge in [-0.15, -0.1) is 0 Å². The molecule has 3 aliphatic rings. The topological polar surface area (TPSA) is 35.5 Å². The molecule has 0 aromatic heterocycles. The molecule has 3 fully saturated rings. The van der Waals surface area contributed by atoms with E-state index in [9.17, 15) is 8.78 Å². The van der Waals surface area contributed by atoms with Crippen LogP contribution in [0, 0.1) is 17.6 Å².